The first-order valence-corrected chi connectivity index (χ1v) is 7.82. The molecule has 23 heavy (non-hydrogen) atoms. The van der Waals surface area contributed by atoms with Crippen LogP contribution in [0.2, 0.25) is 0 Å². The average molecular weight is 331 g/mol. The lowest BCUT2D eigenvalue weighted by Gasteiger charge is -1.94. The molecule has 0 N–H and O–H groups in total. The second-order valence-corrected chi connectivity index (χ2v) is 5.94. The second-order valence-electron chi connectivity index (χ2n) is 5.94. The summed E-state index contributed by atoms with van der Waals surface area (Å²) in [5, 5.41) is 0. The van der Waals surface area contributed by atoms with Crippen molar-refractivity contribution in [3.8, 4) is 0 Å². The molecule has 3 heteroatoms. The van der Waals surface area contributed by atoms with Crippen molar-refractivity contribution >= 4 is 29.9 Å². The van der Waals surface area contributed by atoms with Gasteiger partial charge in [-0.15, -0.1) is 0 Å². The topological polar surface area (TPSA) is 34.1 Å². The minimum absolute atomic E-state index is 0. The molecule has 0 atom stereocenters. The van der Waals surface area contributed by atoms with Gasteiger partial charge in [-0.1, -0.05) is 34.4 Å². The van der Waals surface area contributed by atoms with Crippen LogP contribution in [0.5, 0.6) is 0 Å². The van der Waals surface area contributed by atoms with Crippen LogP contribution in [-0.2, 0) is 9.59 Å². The lowest BCUT2D eigenvalue weighted by Crippen LogP contribution is -1.77. The molecule has 0 aliphatic carbocycles. The maximum absolute atomic E-state index is 10.0. The maximum atomic E-state index is 10.0. The molecule has 0 rings (SSSR count). The van der Waals surface area contributed by atoms with Crippen molar-refractivity contribution in [2.45, 2.75) is 67.2 Å². The van der Waals surface area contributed by atoms with E-state index < -0.39 is 0 Å². The van der Waals surface area contributed by atoms with Crippen LogP contribution >= 0.6 is 0 Å². The summed E-state index contributed by atoms with van der Waals surface area (Å²) in [4.78, 5) is 20.0. The van der Waals surface area contributed by atoms with Crippen molar-refractivity contribution in [3.63, 3.8) is 0 Å². The Labute approximate surface area is 153 Å². The fourth-order valence-corrected chi connectivity index (χ4v) is 1.58. The number of hydrogen-bond donors (Lipinski definition) is 0. The molecule has 0 saturated carbocycles. The van der Waals surface area contributed by atoms with Crippen molar-refractivity contribution in [3.05, 3.63) is 46.6 Å². The van der Waals surface area contributed by atoms with Crippen LogP contribution in [0.4, 0.5) is 0 Å². The van der Waals surface area contributed by atoms with Crippen LogP contribution in [0.15, 0.2) is 46.6 Å². The molecule has 2 nitrogen and oxygen atoms in total. The molecule has 0 amide bonds. The smallest absolute Gasteiger partial charge is 0.142 e. The van der Waals surface area contributed by atoms with E-state index in [1.165, 1.54) is 11.1 Å². The summed E-state index contributed by atoms with van der Waals surface area (Å²) in [6.07, 6.45) is 13.4. The third-order valence-electron chi connectivity index (χ3n) is 2.89. The fraction of sp³-hybridized carbons (Fsp3) is 0.500. The molecule has 0 heterocycles. The Bertz CT molecular complexity index is 391. The molecule has 0 saturated heterocycles. The lowest BCUT2D eigenvalue weighted by atomic mass is 10.1. The van der Waals surface area contributed by atoms with E-state index in [1.807, 2.05) is 13.8 Å². The van der Waals surface area contributed by atoms with Gasteiger partial charge in [-0.05, 0) is 79.4 Å². The number of hydrogen-bond acceptors (Lipinski definition) is 2. The molecule has 0 aliphatic rings. The Kier molecular flexibility index (Phi) is 21.9. The molecule has 0 aromatic carbocycles. The Morgan fingerprint density at radius 2 is 0.957 bits per heavy atom. The summed E-state index contributed by atoms with van der Waals surface area (Å²) in [5.41, 5.74) is 4.97. The molecule has 0 aliphatic heterocycles. The van der Waals surface area contributed by atoms with E-state index in [1.54, 1.807) is 12.2 Å². The summed E-state index contributed by atoms with van der Waals surface area (Å²) in [5.74, 6) is 0. The Balaban J connectivity index is -0.000000333. The molecular formula is C20H32AlO2. The predicted octanol–water partition coefficient (Wildman–Crippen LogP) is 5.38. The predicted molar refractivity (Wildman–Crippen MR) is 103 cm³/mol. The van der Waals surface area contributed by atoms with Gasteiger partial charge in [0.2, 0.25) is 0 Å². The number of rotatable bonds is 8. The third kappa shape index (κ3) is 26.1. The summed E-state index contributed by atoms with van der Waals surface area (Å²) < 4.78 is 0. The quantitative estimate of drug-likeness (QED) is 0.259. The van der Waals surface area contributed by atoms with Crippen molar-refractivity contribution in [1.29, 1.82) is 0 Å². The summed E-state index contributed by atoms with van der Waals surface area (Å²) in [6, 6.07) is 0. The highest BCUT2D eigenvalue weighted by Gasteiger charge is 1.87. The Morgan fingerprint density at radius 3 is 1.17 bits per heavy atom. The van der Waals surface area contributed by atoms with E-state index in [-0.39, 0.29) is 17.4 Å². The normalized spacial score (nSPS) is 10.5. The third-order valence-corrected chi connectivity index (χ3v) is 2.89. The molecule has 0 fully saturated rings. The highest BCUT2D eigenvalue weighted by atomic mass is 27.0. The average Bonchev–Trinajstić information content (AvgIpc) is 2.39. The van der Waals surface area contributed by atoms with Crippen molar-refractivity contribution < 1.29 is 9.59 Å². The maximum Gasteiger partial charge on any atom is 0.142 e. The first-order chi connectivity index (χ1) is 10.3. The molecule has 3 radical (unpaired) electrons. The minimum atomic E-state index is 0. The lowest BCUT2D eigenvalue weighted by molar-refractivity contribution is -0.104. The minimum Gasteiger partial charge on any atom is -0.299 e. The second kappa shape index (κ2) is 18.9. The highest BCUT2D eigenvalue weighted by Crippen LogP contribution is 2.05. The van der Waals surface area contributed by atoms with E-state index in [9.17, 15) is 9.59 Å². The van der Waals surface area contributed by atoms with Gasteiger partial charge in [0.05, 0.1) is 0 Å². The van der Waals surface area contributed by atoms with Crippen molar-refractivity contribution in [2.75, 3.05) is 0 Å². The van der Waals surface area contributed by atoms with Crippen LogP contribution in [0.25, 0.3) is 0 Å². The van der Waals surface area contributed by atoms with E-state index in [4.69, 9.17) is 0 Å². The molecule has 127 valence electrons. The van der Waals surface area contributed by atoms with Crippen LogP contribution in [-0.4, -0.2) is 29.9 Å². The van der Waals surface area contributed by atoms with E-state index >= 15 is 0 Å². The van der Waals surface area contributed by atoms with Crippen LogP contribution in [0, 0.1) is 0 Å². The van der Waals surface area contributed by atoms with Gasteiger partial charge in [-0.3, -0.25) is 9.59 Å². The SMILES string of the molecule is CC(C)=CCC/C(C)=C\C=O.CC(C)=CCC/C(C)=C\C=O.[Al]. The first kappa shape index (κ1) is 26.7. The molecule has 0 unspecified atom stereocenters. The zero-order chi connectivity index (χ0) is 17.4. The van der Waals surface area contributed by atoms with Crippen LogP contribution in [0.3, 0.4) is 0 Å². The molecule has 0 aromatic heterocycles. The Hall–Kier alpha value is -1.17. The van der Waals surface area contributed by atoms with Gasteiger partial charge >= 0.3 is 0 Å². The number of allylic oxidation sites excluding steroid dienone is 8. The highest BCUT2D eigenvalue weighted by molar-refractivity contribution is 5.75. The fourth-order valence-electron chi connectivity index (χ4n) is 1.58. The molecule has 0 bridgehead atoms. The van der Waals surface area contributed by atoms with E-state index in [0.717, 1.165) is 49.4 Å². The standard InChI is InChI=1S/2C10H16O.Al/c2*1-9(2)5-4-6-10(3)7-8-11;/h2*5,7-8H,4,6H2,1-3H3;/b2*10-7-;. The van der Waals surface area contributed by atoms with E-state index in [0.29, 0.717) is 0 Å². The largest absolute Gasteiger partial charge is 0.299 e. The van der Waals surface area contributed by atoms with Gasteiger partial charge in [0.25, 0.3) is 0 Å². The van der Waals surface area contributed by atoms with Crippen molar-refractivity contribution in [2.24, 2.45) is 0 Å². The molecule has 0 aromatic rings. The zero-order valence-electron chi connectivity index (χ0n) is 15.7. The van der Waals surface area contributed by atoms with Crippen LogP contribution < -0.4 is 0 Å². The van der Waals surface area contributed by atoms with Gasteiger partial charge in [0, 0.05) is 17.4 Å². The molecular weight excluding hydrogens is 299 g/mol. The van der Waals surface area contributed by atoms with Gasteiger partial charge in [0.15, 0.2) is 0 Å². The van der Waals surface area contributed by atoms with Gasteiger partial charge in [0.1, 0.15) is 12.6 Å². The summed E-state index contributed by atoms with van der Waals surface area (Å²) in [6.45, 7) is 12.3. The first-order valence-electron chi connectivity index (χ1n) is 7.82. The Morgan fingerprint density at radius 1 is 0.652 bits per heavy atom. The summed E-state index contributed by atoms with van der Waals surface area (Å²) in [7, 11) is 0. The van der Waals surface area contributed by atoms with Crippen LogP contribution in [0.1, 0.15) is 67.2 Å². The van der Waals surface area contributed by atoms with Gasteiger partial charge < -0.3 is 0 Å². The number of carbonyl (C=O) groups excluding carboxylic acids is 2. The van der Waals surface area contributed by atoms with Crippen molar-refractivity contribution in [1.82, 2.24) is 0 Å². The number of aldehydes is 2. The zero-order valence-corrected chi connectivity index (χ0v) is 16.8. The monoisotopic (exact) mass is 331 g/mol. The summed E-state index contributed by atoms with van der Waals surface area (Å²) >= 11 is 0. The number of carbonyl (C=O) groups is 2. The molecule has 0 spiro atoms. The van der Waals surface area contributed by atoms with E-state index in [2.05, 4.69) is 39.8 Å². The van der Waals surface area contributed by atoms with Gasteiger partial charge in [-0.2, -0.15) is 0 Å². The van der Waals surface area contributed by atoms with Gasteiger partial charge in [-0.25, -0.2) is 0 Å².